The van der Waals surface area contributed by atoms with Crippen molar-refractivity contribution in [2.24, 2.45) is 0 Å². The number of H-pyrrole nitrogens is 2. The van der Waals surface area contributed by atoms with E-state index in [1.807, 2.05) is 0 Å². The van der Waals surface area contributed by atoms with Crippen molar-refractivity contribution in [3.63, 3.8) is 0 Å². The first-order chi connectivity index (χ1) is 7.61. The molecule has 2 aromatic heterocycles. The molecule has 0 fully saturated rings. The fourth-order valence-corrected chi connectivity index (χ4v) is 1.27. The molecule has 2 rings (SSSR count). The number of carboxylic acids is 1. The van der Waals surface area contributed by atoms with Gasteiger partial charge in [-0.1, -0.05) is 0 Å². The van der Waals surface area contributed by atoms with E-state index >= 15 is 0 Å². The number of hydrogen-bond donors (Lipinski definition) is 3. The van der Waals surface area contributed by atoms with Gasteiger partial charge in [-0.2, -0.15) is 0 Å². The Morgan fingerprint density at radius 3 is 2.50 bits per heavy atom. The zero-order valence-corrected chi connectivity index (χ0v) is 7.80. The number of rotatable bonds is 2. The van der Waals surface area contributed by atoms with E-state index in [9.17, 15) is 14.4 Å². The van der Waals surface area contributed by atoms with Crippen LogP contribution in [0, 0.1) is 0 Å². The first-order valence-electron chi connectivity index (χ1n) is 4.18. The SMILES string of the molecule is O=C(O)c1ccncc1-n1c(=O)[nH][nH]c1=O. The minimum Gasteiger partial charge on any atom is -0.478 e. The third-order valence-electron chi connectivity index (χ3n) is 1.95. The van der Waals surface area contributed by atoms with E-state index in [1.54, 1.807) is 0 Å². The Kier molecular flexibility index (Phi) is 2.16. The summed E-state index contributed by atoms with van der Waals surface area (Å²) in [7, 11) is 0. The van der Waals surface area contributed by atoms with Crippen molar-refractivity contribution in [3.8, 4) is 5.69 Å². The van der Waals surface area contributed by atoms with Gasteiger partial charge in [-0.05, 0) is 6.07 Å². The van der Waals surface area contributed by atoms with Crippen LogP contribution in [0.3, 0.4) is 0 Å². The summed E-state index contributed by atoms with van der Waals surface area (Å²) < 4.78 is 0.663. The van der Waals surface area contributed by atoms with Gasteiger partial charge in [0.2, 0.25) is 0 Å². The number of hydrogen-bond acceptors (Lipinski definition) is 4. The summed E-state index contributed by atoms with van der Waals surface area (Å²) in [6.07, 6.45) is 2.40. The van der Waals surface area contributed by atoms with Gasteiger partial charge in [-0.15, -0.1) is 0 Å². The van der Waals surface area contributed by atoms with Crippen molar-refractivity contribution in [1.82, 2.24) is 19.7 Å². The summed E-state index contributed by atoms with van der Waals surface area (Å²) in [5, 5.41) is 13.0. The van der Waals surface area contributed by atoms with Crippen molar-refractivity contribution in [2.45, 2.75) is 0 Å². The molecular weight excluding hydrogens is 216 g/mol. The van der Waals surface area contributed by atoms with Crippen LogP contribution in [0.2, 0.25) is 0 Å². The lowest BCUT2D eigenvalue weighted by atomic mass is 10.2. The summed E-state index contributed by atoms with van der Waals surface area (Å²) in [5.41, 5.74) is -1.76. The molecule has 8 nitrogen and oxygen atoms in total. The zero-order chi connectivity index (χ0) is 11.7. The Bertz CT molecular complexity index is 623. The second-order valence-corrected chi connectivity index (χ2v) is 2.89. The highest BCUT2D eigenvalue weighted by atomic mass is 16.4. The molecule has 0 aliphatic rings. The molecule has 3 N–H and O–H groups in total. The van der Waals surface area contributed by atoms with Gasteiger partial charge in [-0.25, -0.2) is 29.1 Å². The summed E-state index contributed by atoms with van der Waals surface area (Å²) in [4.78, 5) is 37.1. The fraction of sp³-hybridized carbons (Fsp3) is 0. The van der Waals surface area contributed by atoms with Crippen molar-refractivity contribution < 1.29 is 9.90 Å². The molecule has 16 heavy (non-hydrogen) atoms. The molecule has 0 spiro atoms. The summed E-state index contributed by atoms with van der Waals surface area (Å²) in [6.45, 7) is 0. The third-order valence-corrected chi connectivity index (χ3v) is 1.95. The molecule has 0 radical (unpaired) electrons. The van der Waals surface area contributed by atoms with Crippen LogP contribution in [-0.4, -0.2) is 30.8 Å². The van der Waals surface area contributed by atoms with E-state index in [2.05, 4.69) is 15.2 Å². The Hall–Kier alpha value is -2.64. The molecule has 0 saturated heterocycles. The van der Waals surface area contributed by atoms with Gasteiger partial charge in [0.25, 0.3) is 0 Å². The van der Waals surface area contributed by atoms with Gasteiger partial charge >= 0.3 is 17.3 Å². The maximum Gasteiger partial charge on any atom is 0.349 e. The molecule has 2 heterocycles. The fourth-order valence-electron chi connectivity index (χ4n) is 1.27. The highest BCUT2D eigenvalue weighted by Gasteiger charge is 2.15. The normalized spacial score (nSPS) is 10.2. The van der Waals surface area contributed by atoms with E-state index in [0.717, 1.165) is 6.20 Å². The molecule has 0 amide bonds. The van der Waals surface area contributed by atoms with Crippen molar-refractivity contribution >= 4 is 5.97 Å². The second-order valence-electron chi connectivity index (χ2n) is 2.89. The molecule has 8 heteroatoms. The van der Waals surface area contributed by atoms with Gasteiger partial charge in [0.1, 0.15) is 0 Å². The van der Waals surface area contributed by atoms with E-state index in [-0.39, 0.29) is 11.3 Å². The lowest BCUT2D eigenvalue weighted by molar-refractivity contribution is 0.0696. The maximum atomic E-state index is 11.3. The van der Waals surface area contributed by atoms with Crippen molar-refractivity contribution in [1.29, 1.82) is 0 Å². The van der Waals surface area contributed by atoms with Crippen LogP contribution in [0.4, 0.5) is 0 Å². The number of carbonyl (C=O) groups is 1. The van der Waals surface area contributed by atoms with Crippen molar-refractivity contribution in [3.05, 3.63) is 45.0 Å². The molecule has 82 valence electrons. The van der Waals surface area contributed by atoms with Gasteiger partial charge in [-0.3, -0.25) is 4.98 Å². The van der Waals surface area contributed by atoms with Crippen LogP contribution in [0.5, 0.6) is 0 Å². The number of aromatic amines is 2. The maximum absolute atomic E-state index is 11.3. The largest absolute Gasteiger partial charge is 0.478 e. The molecule has 0 saturated carbocycles. The minimum atomic E-state index is -1.25. The molecule has 0 aliphatic carbocycles. The Balaban J connectivity index is 2.79. The Labute approximate surface area is 87.2 Å². The molecule has 0 aromatic carbocycles. The first-order valence-corrected chi connectivity index (χ1v) is 4.18. The topological polar surface area (TPSA) is 121 Å². The van der Waals surface area contributed by atoms with E-state index in [0.29, 0.717) is 4.57 Å². The Morgan fingerprint density at radius 2 is 1.94 bits per heavy atom. The van der Waals surface area contributed by atoms with Crippen molar-refractivity contribution in [2.75, 3.05) is 0 Å². The smallest absolute Gasteiger partial charge is 0.349 e. The lowest BCUT2D eigenvalue weighted by Gasteiger charge is -2.02. The zero-order valence-electron chi connectivity index (χ0n) is 7.80. The average Bonchev–Trinajstić information content (AvgIpc) is 2.58. The number of nitrogens with one attached hydrogen (secondary N) is 2. The van der Waals surface area contributed by atoms with E-state index in [4.69, 9.17) is 5.11 Å². The van der Waals surface area contributed by atoms with Gasteiger partial charge in [0, 0.05) is 6.20 Å². The number of nitrogens with zero attached hydrogens (tertiary/aromatic N) is 2. The van der Waals surface area contributed by atoms with Gasteiger partial charge in [0.05, 0.1) is 17.4 Å². The molecule has 0 atom stereocenters. The van der Waals surface area contributed by atoms with Crippen LogP contribution in [0.1, 0.15) is 10.4 Å². The third kappa shape index (κ3) is 1.41. The number of carboxylic acid groups (broad SMARTS) is 1. The lowest BCUT2D eigenvalue weighted by Crippen LogP contribution is -2.26. The summed E-state index contributed by atoms with van der Waals surface area (Å²) in [5.74, 6) is -1.25. The minimum absolute atomic E-state index is 0.0810. The van der Waals surface area contributed by atoms with Gasteiger partial charge in [0.15, 0.2) is 0 Å². The second kappa shape index (κ2) is 3.50. The predicted octanol–water partition coefficient (Wildman–Crippen LogP) is -1.05. The van der Waals surface area contributed by atoms with Crippen LogP contribution in [0.15, 0.2) is 28.0 Å². The molecular formula is C8H6N4O4. The first kappa shape index (κ1) is 9.90. The number of aromatic nitrogens is 4. The molecule has 0 bridgehead atoms. The Morgan fingerprint density at radius 1 is 1.31 bits per heavy atom. The highest BCUT2D eigenvalue weighted by Crippen LogP contribution is 2.08. The van der Waals surface area contributed by atoms with Crippen LogP contribution in [0.25, 0.3) is 5.69 Å². The quantitative estimate of drug-likeness (QED) is 0.598. The summed E-state index contributed by atoms with van der Waals surface area (Å²) >= 11 is 0. The average molecular weight is 222 g/mol. The van der Waals surface area contributed by atoms with Gasteiger partial charge < -0.3 is 5.11 Å². The predicted molar refractivity (Wildman–Crippen MR) is 51.8 cm³/mol. The monoisotopic (exact) mass is 222 g/mol. The summed E-state index contributed by atoms with van der Waals surface area (Å²) in [6, 6.07) is 1.20. The van der Waals surface area contributed by atoms with Crippen LogP contribution < -0.4 is 11.4 Å². The molecule has 2 aromatic rings. The number of pyridine rings is 1. The molecule has 0 aliphatic heterocycles. The van der Waals surface area contributed by atoms with Crippen LogP contribution in [-0.2, 0) is 0 Å². The van der Waals surface area contributed by atoms with E-state index in [1.165, 1.54) is 12.3 Å². The molecule has 0 unspecified atom stereocenters. The standard InChI is InChI=1S/C8H6N4O4/c13-6(14)4-1-2-9-3-5(4)12-7(15)10-11-8(12)16/h1-3H,(H,10,15)(H,11,16)(H,13,14). The number of aromatic carboxylic acids is 1. The van der Waals surface area contributed by atoms with E-state index < -0.39 is 17.3 Å². The highest BCUT2D eigenvalue weighted by molar-refractivity contribution is 5.91. The van der Waals surface area contributed by atoms with Crippen LogP contribution >= 0.6 is 0 Å².